The molecule has 192 valence electrons. The van der Waals surface area contributed by atoms with Crippen LogP contribution in [0, 0.1) is 5.92 Å². The van der Waals surface area contributed by atoms with Gasteiger partial charge in [0.25, 0.3) is 0 Å². The molecule has 2 aromatic heterocycles. The van der Waals surface area contributed by atoms with E-state index in [1.165, 1.54) is 11.3 Å². The zero-order valence-corrected chi connectivity index (χ0v) is 21.6. The fourth-order valence-electron chi connectivity index (χ4n) is 4.26. The van der Waals surface area contributed by atoms with Gasteiger partial charge in [0.2, 0.25) is 18.6 Å². The highest BCUT2D eigenvalue weighted by atomic mass is 32.1. The maximum atomic E-state index is 13.9. The molecule has 0 bridgehead atoms. The van der Waals surface area contributed by atoms with Crippen molar-refractivity contribution in [2.24, 2.45) is 5.92 Å². The molecule has 1 N–H and O–H groups in total. The predicted molar refractivity (Wildman–Crippen MR) is 140 cm³/mol. The van der Waals surface area contributed by atoms with Crippen molar-refractivity contribution in [2.45, 2.75) is 39.4 Å². The fourth-order valence-corrected chi connectivity index (χ4v) is 5.10. The number of amides is 2. The van der Waals surface area contributed by atoms with E-state index in [1.54, 1.807) is 9.58 Å². The average molecular weight is 520 g/mol. The van der Waals surface area contributed by atoms with E-state index in [9.17, 15) is 9.59 Å². The standard InChI is InChI=1S/C27H29N5O4S/c1-18(2)11-12-28-27(34)26(24-8-5-13-37-24)31(15-19-9-10-22-23(14-19)36-17-35-22)25(33)16-32-21-7-4-3-6-20(21)29-30-32/h3-10,13-14,18,26H,11-12,15-17H2,1-2H3,(H,28,34). The van der Waals surface area contributed by atoms with Gasteiger partial charge >= 0.3 is 0 Å². The molecular weight excluding hydrogens is 490 g/mol. The molecule has 37 heavy (non-hydrogen) atoms. The molecule has 1 atom stereocenters. The van der Waals surface area contributed by atoms with Crippen molar-refractivity contribution in [3.05, 3.63) is 70.4 Å². The summed E-state index contributed by atoms with van der Waals surface area (Å²) in [4.78, 5) is 29.9. The number of carbonyl (C=O) groups excluding carboxylic acids is 2. The number of carbonyl (C=O) groups is 2. The van der Waals surface area contributed by atoms with Crippen LogP contribution in [0.4, 0.5) is 0 Å². The summed E-state index contributed by atoms with van der Waals surface area (Å²) in [5.41, 5.74) is 2.30. The Bertz CT molecular complexity index is 1380. The number of fused-ring (bicyclic) bond motifs is 2. The minimum atomic E-state index is -0.792. The van der Waals surface area contributed by atoms with Crippen LogP contribution in [0.1, 0.15) is 36.8 Å². The molecule has 2 amide bonds. The fraction of sp³-hybridized carbons (Fsp3) is 0.333. The van der Waals surface area contributed by atoms with Gasteiger partial charge in [0, 0.05) is 18.0 Å². The van der Waals surface area contributed by atoms with Gasteiger partial charge in [-0.3, -0.25) is 9.59 Å². The first-order valence-corrected chi connectivity index (χ1v) is 13.1. The van der Waals surface area contributed by atoms with Gasteiger partial charge in [-0.15, -0.1) is 16.4 Å². The van der Waals surface area contributed by atoms with Crippen LogP contribution in [-0.2, 0) is 22.7 Å². The molecule has 0 aliphatic carbocycles. The number of para-hydroxylation sites is 1. The molecule has 3 heterocycles. The average Bonchev–Trinajstić information content (AvgIpc) is 3.65. The van der Waals surface area contributed by atoms with Gasteiger partial charge in [-0.25, -0.2) is 4.68 Å². The molecule has 0 fully saturated rings. The van der Waals surface area contributed by atoms with E-state index in [-0.39, 0.29) is 31.7 Å². The van der Waals surface area contributed by atoms with E-state index in [4.69, 9.17) is 9.47 Å². The second-order valence-electron chi connectivity index (χ2n) is 9.34. The Morgan fingerprint density at radius 2 is 1.95 bits per heavy atom. The molecule has 2 aromatic carbocycles. The number of benzene rings is 2. The summed E-state index contributed by atoms with van der Waals surface area (Å²) in [5, 5.41) is 13.3. The van der Waals surface area contributed by atoms with Crippen LogP contribution in [0.3, 0.4) is 0 Å². The highest BCUT2D eigenvalue weighted by Crippen LogP contribution is 2.34. The molecule has 1 unspecified atom stereocenters. The number of nitrogens with zero attached hydrogens (tertiary/aromatic N) is 4. The topological polar surface area (TPSA) is 98.6 Å². The van der Waals surface area contributed by atoms with Crippen molar-refractivity contribution in [1.82, 2.24) is 25.2 Å². The molecule has 9 nitrogen and oxygen atoms in total. The lowest BCUT2D eigenvalue weighted by atomic mass is 10.1. The number of hydrogen-bond donors (Lipinski definition) is 1. The summed E-state index contributed by atoms with van der Waals surface area (Å²) in [6, 6.07) is 16.1. The number of hydrogen-bond acceptors (Lipinski definition) is 7. The lowest BCUT2D eigenvalue weighted by Gasteiger charge is -2.31. The van der Waals surface area contributed by atoms with Crippen LogP contribution in [-0.4, -0.2) is 45.0 Å². The Balaban J connectivity index is 1.48. The van der Waals surface area contributed by atoms with Crippen molar-refractivity contribution in [2.75, 3.05) is 13.3 Å². The van der Waals surface area contributed by atoms with E-state index in [0.717, 1.165) is 22.4 Å². The number of ether oxygens (including phenoxy) is 2. The molecule has 0 saturated carbocycles. The third-order valence-corrected chi connectivity index (χ3v) is 7.13. The van der Waals surface area contributed by atoms with Crippen molar-refractivity contribution < 1.29 is 19.1 Å². The van der Waals surface area contributed by atoms with Crippen LogP contribution in [0.5, 0.6) is 11.5 Å². The van der Waals surface area contributed by atoms with Gasteiger partial charge in [0.05, 0.1) is 5.52 Å². The summed E-state index contributed by atoms with van der Waals surface area (Å²) in [5.74, 6) is 1.29. The van der Waals surface area contributed by atoms with Crippen LogP contribution in [0.25, 0.3) is 11.0 Å². The third kappa shape index (κ3) is 5.59. The minimum absolute atomic E-state index is 0.0494. The van der Waals surface area contributed by atoms with Crippen LogP contribution in [0.15, 0.2) is 60.0 Å². The Morgan fingerprint density at radius 1 is 1.11 bits per heavy atom. The number of nitrogens with one attached hydrogen (secondary N) is 1. The summed E-state index contributed by atoms with van der Waals surface area (Å²) < 4.78 is 12.6. The lowest BCUT2D eigenvalue weighted by molar-refractivity contribution is -0.142. The summed E-state index contributed by atoms with van der Waals surface area (Å²) in [7, 11) is 0. The number of rotatable bonds is 10. The second-order valence-corrected chi connectivity index (χ2v) is 10.3. The van der Waals surface area contributed by atoms with Crippen LogP contribution < -0.4 is 14.8 Å². The van der Waals surface area contributed by atoms with Crippen LogP contribution in [0.2, 0.25) is 0 Å². The summed E-state index contributed by atoms with van der Waals surface area (Å²) in [6.07, 6.45) is 0.851. The Hall–Kier alpha value is -3.92. The second kappa shape index (κ2) is 11.0. The first-order valence-electron chi connectivity index (χ1n) is 12.3. The van der Waals surface area contributed by atoms with E-state index in [0.29, 0.717) is 29.5 Å². The first kappa shape index (κ1) is 24.8. The highest BCUT2D eigenvalue weighted by Gasteiger charge is 2.33. The van der Waals surface area contributed by atoms with Crippen molar-refractivity contribution >= 4 is 34.2 Å². The third-order valence-electron chi connectivity index (χ3n) is 6.21. The van der Waals surface area contributed by atoms with E-state index >= 15 is 0 Å². The number of aromatic nitrogens is 3. The van der Waals surface area contributed by atoms with Gasteiger partial charge in [-0.05, 0) is 53.6 Å². The molecule has 0 saturated heterocycles. The molecule has 0 spiro atoms. The zero-order chi connectivity index (χ0) is 25.8. The van der Waals surface area contributed by atoms with Crippen molar-refractivity contribution in [3.63, 3.8) is 0 Å². The Labute approximate surface area is 219 Å². The van der Waals surface area contributed by atoms with Gasteiger partial charge in [-0.1, -0.05) is 43.3 Å². The maximum Gasteiger partial charge on any atom is 0.248 e. The van der Waals surface area contributed by atoms with Gasteiger partial charge in [-0.2, -0.15) is 0 Å². The normalized spacial score (nSPS) is 13.2. The maximum absolute atomic E-state index is 13.9. The summed E-state index contributed by atoms with van der Waals surface area (Å²) in [6.45, 7) is 5.09. The van der Waals surface area contributed by atoms with E-state index in [1.807, 2.05) is 60.0 Å². The van der Waals surface area contributed by atoms with Crippen LogP contribution >= 0.6 is 11.3 Å². The van der Waals surface area contributed by atoms with Gasteiger partial charge in [0.1, 0.15) is 18.1 Å². The van der Waals surface area contributed by atoms with E-state index < -0.39 is 6.04 Å². The molecule has 1 aliphatic heterocycles. The smallest absolute Gasteiger partial charge is 0.248 e. The molecule has 4 aromatic rings. The molecule has 1 aliphatic rings. The molecule has 5 rings (SSSR count). The lowest BCUT2D eigenvalue weighted by Crippen LogP contribution is -2.44. The largest absolute Gasteiger partial charge is 0.454 e. The zero-order valence-electron chi connectivity index (χ0n) is 20.8. The molecule has 0 radical (unpaired) electrons. The Morgan fingerprint density at radius 3 is 2.76 bits per heavy atom. The highest BCUT2D eigenvalue weighted by molar-refractivity contribution is 7.10. The minimum Gasteiger partial charge on any atom is -0.454 e. The monoisotopic (exact) mass is 519 g/mol. The Kier molecular flexibility index (Phi) is 7.36. The predicted octanol–water partition coefficient (Wildman–Crippen LogP) is 4.15. The molecule has 10 heteroatoms. The SMILES string of the molecule is CC(C)CCNC(=O)C(c1cccs1)N(Cc1ccc2c(c1)OCO2)C(=O)Cn1nnc2ccccc21. The van der Waals surface area contributed by atoms with E-state index in [2.05, 4.69) is 29.5 Å². The van der Waals surface area contributed by atoms with Crippen molar-refractivity contribution in [1.29, 1.82) is 0 Å². The molecular formula is C27H29N5O4S. The first-order chi connectivity index (χ1) is 18.0. The van der Waals surface area contributed by atoms with Gasteiger partial charge < -0.3 is 19.7 Å². The number of thiophene rings is 1. The van der Waals surface area contributed by atoms with Gasteiger partial charge in [0.15, 0.2) is 11.5 Å². The summed E-state index contributed by atoms with van der Waals surface area (Å²) >= 11 is 1.45. The van der Waals surface area contributed by atoms with Crippen molar-refractivity contribution in [3.8, 4) is 11.5 Å². The quantitative estimate of drug-likeness (QED) is 0.338.